The number of hydrogen-bond acceptors (Lipinski definition) is 6. The molecule has 2 saturated heterocycles. The minimum atomic E-state index is -3.77. The lowest BCUT2D eigenvalue weighted by Gasteiger charge is -2.35. The number of likely N-dealkylation sites (tertiary alicyclic amines) is 1. The van der Waals surface area contributed by atoms with Crippen LogP contribution in [0.3, 0.4) is 0 Å². The van der Waals surface area contributed by atoms with Gasteiger partial charge in [0.2, 0.25) is 26.0 Å². The Morgan fingerprint density at radius 3 is 2.14 bits per heavy atom. The second-order valence-electron chi connectivity index (χ2n) is 9.03. The number of rotatable bonds is 6. The van der Waals surface area contributed by atoms with Crippen LogP contribution >= 0.6 is 0 Å². The summed E-state index contributed by atoms with van der Waals surface area (Å²) < 4.78 is 53.6. The Morgan fingerprint density at radius 1 is 1.10 bits per heavy atom. The second kappa shape index (κ2) is 7.33. The molecule has 0 bridgehead atoms. The van der Waals surface area contributed by atoms with Gasteiger partial charge in [-0.2, -0.15) is 0 Å². The van der Waals surface area contributed by atoms with Crippen molar-refractivity contribution in [1.82, 2.24) is 9.62 Å². The van der Waals surface area contributed by atoms with E-state index in [1.54, 1.807) is 13.8 Å². The van der Waals surface area contributed by atoms with Gasteiger partial charge >= 0.3 is 0 Å². The fourth-order valence-electron chi connectivity index (χ4n) is 3.81. The Bertz CT molecular complexity index is 993. The van der Waals surface area contributed by atoms with Crippen LogP contribution < -0.4 is 9.03 Å². The van der Waals surface area contributed by atoms with Crippen LogP contribution in [0.15, 0.2) is 29.2 Å². The molecule has 1 N–H and O–H groups in total. The Balaban J connectivity index is 1.76. The molecule has 3 rings (SSSR count). The number of sulfonamides is 2. The lowest BCUT2D eigenvalue weighted by atomic mass is 9.95. The summed E-state index contributed by atoms with van der Waals surface area (Å²) in [7, 11) is -7.53. The van der Waals surface area contributed by atoms with E-state index in [1.807, 2.05) is 13.8 Å². The first-order chi connectivity index (χ1) is 13.3. The number of carbonyl (C=O) groups is 1. The highest BCUT2D eigenvalue weighted by Gasteiger charge is 2.49. The highest BCUT2D eigenvalue weighted by molar-refractivity contribution is 7.94. The molecule has 0 atom stereocenters. The zero-order valence-electron chi connectivity index (χ0n) is 17.3. The Labute approximate surface area is 173 Å². The minimum absolute atomic E-state index is 0.0294. The van der Waals surface area contributed by atoms with E-state index in [-0.39, 0.29) is 28.4 Å². The van der Waals surface area contributed by atoms with E-state index in [4.69, 9.17) is 0 Å². The van der Waals surface area contributed by atoms with Crippen molar-refractivity contribution in [3.8, 4) is 0 Å². The third-order valence-corrected chi connectivity index (χ3v) is 9.06. The quantitative estimate of drug-likeness (QED) is 0.715. The first-order valence-electron chi connectivity index (χ1n) is 9.69. The van der Waals surface area contributed by atoms with Crippen LogP contribution in [0.5, 0.6) is 0 Å². The lowest BCUT2D eigenvalue weighted by Crippen LogP contribution is -2.50. The first-order valence-corrected chi connectivity index (χ1v) is 12.8. The summed E-state index contributed by atoms with van der Waals surface area (Å²) in [6.45, 7) is 9.36. The van der Waals surface area contributed by atoms with Crippen LogP contribution in [-0.4, -0.2) is 58.6 Å². The molecule has 8 nitrogen and oxygen atoms in total. The molecule has 1 amide bonds. The van der Waals surface area contributed by atoms with Gasteiger partial charge in [-0.05, 0) is 77.9 Å². The first kappa shape index (κ1) is 22.2. The van der Waals surface area contributed by atoms with Crippen LogP contribution in [0.2, 0.25) is 0 Å². The van der Waals surface area contributed by atoms with Gasteiger partial charge in [0.25, 0.3) is 0 Å². The maximum Gasteiger partial charge on any atom is 0.247 e. The van der Waals surface area contributed by atoms with E-state index in [1.165, 1.54) is 24.3 Å². The third kappa shape index (κ3) is 4.35. The Morgan fingerprint density at radius 2 is 1.66 bits per heavy atom. The van der Waals surface area contributed by atoms with Gasteiger partial charge in [-0.25, -0.2) is 25.9 Å². The van der Waals surface area contributed by atoms with E-state index in [0.717, 1.165) is 30.2 Å². The predicted octanol–water partition coefficient (Wildman–Crippen LogP) is 1.54. The molecule has 2 heterocycles. The molecule has 0 spiro atoms. The maximum atomic E-state index is 12.7. The highest BCUT2D eigenvalue weighted by Crippen LogP contribution is 2.36. The smallest absolute Gasteiger partial charge is 0.247 e. The Hall–Kier alpha value is -1.49. The summed E-state index contributed by atoms with van der Waals surface area (Å²) in [6.07, 6.45) is 2.24. The minimum Gasteiger partial charge on any atom is -0.297 e. The molecule has 0 saturated carbocycles. The van der Waals surface area contributed by atoms with Gasteiger partial charge < -0.3 is 0 Å². The largest absolute Gasteiger partial charge is 0.297 e. The SMILES string of the molecule is CC1(C)CS(=O)(=O)N(c2ccc(S(=O)(=O)NCC(C)(C)N3CCCC3)cc2)C1=O. The van der Waals surface area contributed by atoms with Crippen molar-refractivity contribution >= 4 is 31.6 Å². The summed E-state index contributed by atoms with van der Waals surface area (Å²) >= 11 is 0. The molecular weight excluding hydrogens is 414 g/mol. The van der Waals surface area contributed by atoms with Crippen molar-refractivity contribution in [2.24, 2.45) is 5.41 Å². The fraction of sp³-hybridized carbons (Fsp3) is 0.632. The van der Waals surface area contributed by atoms with E-state index in [0.29, 0.717) is 0 Å². The number of benzene rings is 1. The van der Waals surface area contributed by atoms with Crippen molar-refractivity contribution in [3.05, 3.63) is 24.3 Å². The molecular formula is C19H29N3O5S2. The zero-order chi connectivity index (χ0) is 21.7. The normalized spacial score (nSPS) is 22.3. The second-order valence-corrected chi connectivity index (χ2v) is 12.6. The zero-order valence-corrected chi connectivity index (χ0v) is 18.9. The number of carbonyl (C=O) groups excluding carboxylic acids is 1. The monoisotopic (exact) mass is 443 g/mol. The van der Waals surface area contributed by atoms with E-state index >= 15 is 0 Å². The molecule has 2 fully saturated rings. The van der Waals surface area contributed by atoms with Gasteiger partial charge in [0.05, 0.1) is 21.8 Å². The van der Waals surface area contributed by atoms with Gasteiger partial charge in [0.15, 0.2) is 0 Å². The summed E-state index contributed by atoms with van der Waals surface area (Å²) in [6, 6.07) is 5.37. The number of anilines is 1. The number of nitrogens with zero attached hydrogens (tertiary/aromatic N) is 2. The third-order valence-electron chi connectivity index (χ3n) is 5.62. The van der Waals surface area contributed by atoms with Crippen LogP contribution in [0, 0.1) is 5.41 Å². The van der Waals surface area contributed by atoms with Gasteiger partial charge in [0.1, 0.15) is 0 Å². The van der Waals surface area contributed by atoms with Crippen molar-refractivity contribution in [2.75, 3.05) is 29.7 Å². The summed E-state index contributed by atoms with van der Waals surface area (Å²) in [5, 5.41) is 0. The molecule has 162 valence electrons. The van der Waals surface area contributed by atoms with Crippen LogP contribution in [0.4, 0.5) is 5.69 Å². The lowest BCUT2D eigenvalue weighted by molar-refractivity contribution is -0.123. The number of nitrogens with one attached hydrogen (secondary N) is 1. The number of hydrogen-bond donors (Lipinski definition) is 1. The molecule has 2 aliphatic heterocycles. The summed E-state index contributed by atoms with van der Waals surface area (Å²) in [4.78, 5) is 14.8. The van der Waals surface area contributed by atoms with Crippen molar-refractivity contribution in [1.29, 1.82) is 0 Å². The molecule has 0 radical (unpaired) electrons. The average molecular weight is 444 g/mol. The van der Waals surface area contributed by atoms with Crippen molar-refractivity contribution < 1.29 is 21.6 Å². The van der Waals surface area contributed by atoms with Crippen LogP contribution in [0.25, 0.3) is 0 Å². The predicted molar refractivity (Wildman–Crippen MR) is 112 cm³/mol. The van der Waals surface area contributed by atoms with Crippen LogP contribution in [-0.2, 0) is 24.8 Å². The highest BCUT2D eigenvalue weighted by atomic mass is 32.2. The average Bonchev–Trinajstić information content (AvgIpc) is 3.20. The molecule has 0 aliphatic carbocycles. The van der Waals surface area contributed by atoms with E-state index in [9.17, 15) is 21.6 Å². The topological polar surface area (TPSA) is 104 Å². The maximum absolute atomic E-state index is 12.7. The van der Waals surface area contributed by atoms with E-state index < -0.39 is 31.4 Å². The van der Waals surface area contributed by atoms with Gasteiger partial charge in [0, 0.05) is 12.1 Å². The molecule has 2 aliphatic rings. The van der Waals surface area contributed by atoms with Crippen molar-refractivity contribution in [3.63, 3.8) is 0 Å². The standard InChI is InChI=1S/C19H29N3O5S2/c1-18(2)14-28(24,25)22(17(18)23)15-7-9-16(10-8-15)29(26,27)20-13-19(3,4)21-11-5-6-12-21/h7-10,20H,5-6,11-14H2,1-4H3. The van der Waals surface area contributed by atoms with Gasteiger partial charge in [-0.15, -0.1) is 0 Å². The molecule has 1 aromatic rings. The molecule has 1 aromatic carbocycles. The van der Waals surface area contributed by atoms with Crippen molar-refractivity contribution in [2.45, 2.75) is 51.0 Å². The van der Waals surface area contributed by atoms with Gasteiger partial charge in [-0.1, -0.05) is 0 Å². The molecule has 29 heavy (non-hydrogen) atoms. The van der Waals surface area contributed by atoms with Gasteiger partial charge in [-0.3, -0.25) is 9.69 Å². The molecule has 10 heteroatoms. The van der Waals surface area contributed by atoms with E-state index in [2.05, 4.69) is 9.62 Å². The van der Waals surface area contributed by atoms with Crippen LogP contribution in [0.1, 0.15) is 40.5 Å². The molecule has 0 aromatic heterocycles. The Kier molecular flexibility index (Phi) is 5.61. The molecule has 0 unspecified atom stereocenters. The summed E-state index contributed by atoms with van der Waals surface area (Å²) in [5.74, 6) is -0.787. The number of amides is 1. The fourth-order valence-corrected chi connectivity index (χ4v) is 7.12. The summed E-state index contributed by atoms with van der Waals surface area (Å²) in [5.41, 5.74) is -1.16.